The second-order valence-electron chi connectivity index (χ2n) is 5.83. The smallest absolute Gasteiger partial charge is 0.271 e. The summed E-state index contributed by atoms with van der Waals surface area (Å²) in [6.07, 6.45) is 0. The Morgan fingerprint density at radius 2 is 1.86 bits per heavy atom. The van der Waals surface area contributed by atoms with Crippen molar-refractivity contribution < 1.29 is 13.2 Å². The molecule has 0 unspecified atom stereocenters. The molecule has 4 nitrogen and oxygen atoms in total. The van der Waals surface area contributed by atoms with Gasteiger partial charge in [-0.15, -0.1) is 11.3 Å². The average molecular weight is 404 g/mol. The van der Waals surface area contributed by atoms with Crippen molar-refractivity contribution in [3.63, 3.8) is 0 Å². The van der Waals surface area contributed by atoms with E-state index in [-0.39, 0.29) is 9.62 Å². The van der Waals surface area contributed by atoms with Crippen LogP contribution in [0.15, 0.2) is 38.3 Å². The van der Waals surface area contributed by atoms with E-state index in [9.17, 15) is 8.42 Å². The van der Waals surface area contributed by atoms with Crippen LogP contribution in [-0.4, -0.2) is 15.5 Å². The third kappa shape index (κ3) is 3.83. The Morgan fingerprint density at radius 3 is 2.36 bits per heavy atom. The number of rotatable bonds is 4. The molecule has 0 fully saturated rings. The lowest BCUT2D eigenvalue weighted by atomic mass is 9.87. The van der Waals surface area contributed by atoms with Crippen LogP contribution in [0.2, 0.25) is 0 Å². The zero-order valence-electron chi connectivity index (χ0n) is 12.8. The van der Waals surface area contributed by atoms with E-state index >= 15 is 0 Å². The minimum atomic E-state index is -3.63. The van der Waals surface area contributed by atoms with Crippen LogP contribution in [0.5, 0.6) is 5.75 Å². The Bertz CT molecular complexity index is 776. The highest BCUT2D eigenvalue weighted by molar-refractivity contribution is 9.11. The van der Waals surface area contributed by atoms with Crippen LogP contribution in [0.25, 0.3) is 0 Å². The lowest BCUT2D eigenvalue weighted by Gasteiger charge is -2.21. The molecular formula is C15H18BrNO3S2. The predicted octanol–water partition coefficient (Wildman–Crippen LogP) is 4.62. The number of hydrogen-bond donors (Lipinski definition) is 1. The number of halogens is 1. The van der Waals surface area contributed by atoms with Gasteiger partial charge in [-0.05, 0) is 51.2 Å². The molecule has 22 heavy (non-hydrogen) atoms. The zero-order valence-corrected chi connectivity index (χ0v) is 16.0. The predicted molar refractivity (Wildman–Crippen MR) is 94.5 cm³/mol. The van der Waals surface area contributed by atoms with Gasteiger partial charge in [-0.1, -0.05) is 26.8 Å². The molecule has 0 saturated heterocycles. The van der Waals surface area contributed by atoms with Crippen LogP contribution in [0.3, 0.4) is 0 Å². The van der Waals surface area contributed by atoms with Gasteiger partial charge in [0.25, 0.3) is 10.0 Å². The fourth-order valence-corrected chi connectivity index (χ4v) is 4.96. The number of nitrogens with one attached hydrogen (secondary N) is 1. The van der Waals surface area contributed by atoms with Gasteiger partial charge in [-0.3, -0.25) is 4.72 Å². The van der Waals surface area contributed by atoms with E-state index in [1.807, 2.05) is 12.1 Å². The number of sulfonamides is 1. The van der Waals surface area contributed by atoms with Gasteiger partial charge in [-0.2, -0.15) is 0 Å². The zero-order chi connectivity index (χ0) is 16.5. The van der Waals surface area contributed by atoms with Crippen molar-refractivity contribution in [2.24, 2.45) is 0 Å². The number of hydrogen-bond acceptors (Lipinski definition) is 4. The van der Waals surface area contributed by atoms with Crippen molar-refractivity contribution >= 4 is 43.0 Å². The Hall–Kier alpha value is -1.05. The fraction of sp³-hybridized carbons (Fsp3) is 0.333. The van der Waals surface area contributed by atoms with Crippen molar-refractivity contribution in [3.05, 3.63) is 39.7 Å². The molecule has 1 aromatic carbocycles. The lowest BCUT2D eigenvalue weighted by Crippen LogP contribution is -2.15. The molecule has 0 aliphatic rings. The van der Waals surface area contributed by atoms with Gasteiger partial charge in [0.05, 0.1) is 16.6 Å². The number of ether oxygens (including phenoxy) is 1. The number of methoxy groups -OCH3 is 1. The van der Waals surface area contributed by atoms with Crippen molar-refractivity contribution in [1.29, 1.82) is 0 Å². The van der Waals surface area contributed by atoms with E-state index < -0.39 is 10.0 Å². The molecule has 1 aromatic heterocycles. The first-order valence-corrected chi connectivity index (χ1v) is 9.69. The molecule has 1 heterocycles. The summed E-state index contributed by atoms with van der Waals surface area (Å²) in [5.41, 5.74) is 1.39. The molecule has 2 rings (SSSR count). The first kappa shape index (κ1) is 17.3. The van der Waals surface area contributed by atoms with Gasteiger partial charge in [0.2, 0.25) is 0 Å². The van der Waals surface area contributed by atoms with Crippen LogP contribution in [-0.2, 0) is 15.4 Å². The standard InChI is InChI=1S/C15H18BrNO3S2/c1-15(2,3)10-5-6-12(20-4)11(9-10)17-22(18,19)14-8-7-13(16)21-14/h5-9,17H,1-4H3. The highest BCUT2D eigenvalue weighted by atomic mass is 79.9. The summed E-state index contributed by atoms with van der Waals surface area (Å²) in [6, 6.07) is 8.82. The van der Waals surface area contributed by atoms with E-state index in [1.54, 1.807) is 18.2 Å². The molecule has 0 atom stereocenters. The fourth-order valence-electron chi connectivity index (χ4n) is 1.89. The Balaban J connectivity index is 2.43. The quantitative estimate of drug-likeness (QED) is 0.809. The SMILES string of the molecule is COc1ccc(C(C)(C)C)cc1NS(=O)(=O)c1ccc(Br)s1. The van der Waals surface area contributed by atoms with Gasteiger partial charge in [-0.25, -0.2) is 8.42 Å². The Labute approximate surface area is 143 Å². The van der Waals surface area contributed by atoms with Crippen LogP contribution >= 0.6 is 27.3 Å². The summed E-state index contributed by atoms with van der Waals surface area (Å²) >= 11 is 4.44. The van der Waals surface area contributed by atoms with Crippen molar-refractivity contribution in [2.45, 2.75) is 30.4 Å². The van der Waals surface area contributed by atoms with E-state index in [0.717, 1.165) is 20.7 Å². The normalized spacial score (nSPS) is 12.2. The van der Waals surface area contributed by atoms with Gasteiger partial charge in [0.15, 0.2) is 0 Å². The van der Waals surface area contributed by atoms with Crippen molar-refractivity contribution in [2.75, 3.05) is 11.8 Å². The third-order valence-electron chi connectivity index (χ3n) is 3.12. The molecule has 0 radical (unpaired) electrons. The molecule has 0 spiro atoms. The maximum absolute atomic E-state index is 12.5. The topological polar surface area (TPSA) is 55.4 Å². The summed E-state index contributed by atoms with van der Waals surface area (Å²) in [5, 5.41) is 0. The van der Waals surface area contributed by atoms with E-state index in [0.29, 0.717) is 11.4 Å². The maximum atomic E-state index is 12.5. The average Bonchev–Trinajstić information content (AvgIpc) is 2.85. The molecule has 7 heteroatoms. The van der Waals surface area contributed by atoms with Crippen LogP contribution < -0.4 is 9.46 Å². The second kappa shape index (κ2) is 6.22. The summed E-state index contributed by atoms with van der Waals surface area (Å²) in [7, 11) is -2.11. The first-order valence-electron chi connectivity index (χ1n) is 6.60. The van der Waals surface area contributed by atoms with Crippen LogP contribution in [0.1, 0.15) is 26.3 Å². The molecule has 0 amide bonds. The van der Waals surface area contributed by atoms with E-state index in [4.69, 9.17) is 4.74 Å². The van der Waals surface area contributed by atoms with E-state index in [2.05, 4.69) is 41.4 Å². The highest BCUT2D eigenvalue weighted by Crippen LogP contribution is 2.34. The monoisotopic (exact) mass is 403 g/mol. The van der Waals surface area contributed by atoms with Crippen molar-refractivity contribution in [3.8, 4) is 5.75 Å². The second-order valence-corrected chi connectivity index (χ2v) is 10.2. The van der Waals surface area contributed by atoms with E-state index in [1.165, 1.54) is 7.11 Å². The molecule has 1 N–H and O–H groups in total. The Kier molecular flexibility index (Phi) is 4.89. The molecule has 120 valence electrons. The van der Waals surface area contributed by atoms with Crippen LogP contribution in [0.4, 0.5) is 5.69 Å². The molecule has 0 saturated carbocycles. The molecule has 0 bridgehead atoms. The molecular weight excluding hydrogens is 386 g/mol. The first-order chi connectivity index (χ1) is 10.1. The van der Waals surface area contributed by atoms with Gasteiger partial charge in [0.1, 0.15) is 9.96 Å². The number of thiophene rings is 1. The largest absolute Gasteiger partial charge is 0.495 e. The maximum Gasteiger partial charge on any atom is 0.271 e. The molecule has 0 aliphatic carbocycles. The number of anilines is 1. The summed E-state index contributed by atoms with van der Waals surface area (Å²) in [4.78, 5) is 0. The third-order valence-corrected chi connectivity index (χ3v) is 6.60. The van der Waals surface area contributed by atoms with Gasteiger partial charge < -0.3 is 4.74 Å². The summed E-state index contributed by atoms with van der Waals surface area (Å²) < 4.78 is 33.8. The summed E-state index contributed by atoms with van der Waals surface area (Å²) in [5.74, 6) is 0.493. The molecule has 0 aliphatic heterocycles. The van der Waals surface area contributed by atoms with Crippen molar-refractivity contribution in [1.82, 2.24) is 0 Å². The minimum absolute atomic E-state index is 0.0849. The minimum Gasteiger partial charge on any atom is -0.495 e. The van der Waals surface area contributed by atoms with Gasteiger partial charge >= 0.3 is 0 Å². The van der Waals surface area contributed by atoms with Gasteiger partial charge in [0, 0.05) is 0 Å². The summed E-state index contributed by atoms with van der Waals surface area (Å²) in [6.45, 7) is 6.22. The lowest BCUT2D eigenvalue weighted by molar-refractivity contribution is 0.416. The molecule has 2 aromatic rings. The van der Waals surface area contributed by atoms with Crippen LogP contribution in [0, 0.1) is 0 Å². The Morgan fingerprint density at radius 1 is 1.18 bits per heavy atom. The highest BCUT2D eigenvalue weighted by Gasteiger charge is 2.21. The number of benzene rings is 1.